The lowest BCUT2D eigenvalue weighted by molar-refractivity contribution is 0.443. The minimum absolute atomic E-state index is 0.0880. The summed E-state index contributed by atoms with van der Waals surface area (Å²) < 4.78 is 25.0. The van der Waals surface area contributed by atoms with Crippen LogP contribution in [0.1, 0.15) is 50.5 Å². The standard InChI is InChI=1S/C30H26FN9/c1-30(2,3)18-36-28-21(14-33)15-35-27-20(13-32)11-23(12-25(27)28)37-29(19-6-8-22(31)9-7-19)26-17-40(39-38-26)24-5-4-10-34-16-24/h4-12,15-17,29,37H,18H2,1-3H3,(H,35,36)/t29-/m0/s1/i29D. The topological polar surface area (TPSA) is 128 Å². The first-order chi connectivity index (χ1) is 19.6. The van der Waals surface area contributed by atoms with E-state index < -0.39 is 11.8 Å². The number of nitrogens with zero attached hydrogens (tertiary/aromatic N) is 7. The minimum Gasteiger partial charge on any atom is -0.383 e. The highest BCUT2D eigenvalue weighted by Crippen LogP contribution is 2.34. The smallest absolute Gasteiger partial charge is 0.123 e. The van der Waals surface area contributed by atoms with Crippen LogP contribution in [-0.2, 0) is 0 Å². The van der Waals surface area contributed by atoms with Gasteiger partial charge >= 0.3 is 0 Å². The van der Waals surface area contributed by atoms with Crippen LogP contribution in [0.5, 0.6) is 0 Å². The Morgan fingerprint density at radius 3 is 2.52 bits per heavy atom. The number of aromatic nitrogens is 5. The second-order valence-electron chi connectivity index (χ2n) is 10.4. The Hall–Kier alpha value is -5.35. The van der Waals surface area contributed by atoms with Gasteiger partial charge < -0.3 is 10.6 Å². The van der Waals surface area contributed by atoms with Gasteiger partial charge in [-0.15, -0.1) is 5.10 Å². The summed E-state index contributed by atoms with van der Waals surface area (Å²) in [5.74, 6) is -0.447. The Morgan fingerprint density at radius 1 is 1.07 bits per heavy atom. The lowest BCUT2D eigenvalue weighted by atomic mass is 9.96. The van der Waals surface area contributed by atoms with Crippen molar-refractivity contribution in [3.63, 3.8) is 0 Å². The normalized spacial score (nSPS) is 13.1. The zero-order chi connectivity index (χ0) is 29.2. The molecule has 0 aliphatic rings. The first-order valence-corrected chi connectivity index (χ1v) is 12.5. The van der Waals surface area contributed by atoms with Crippen LogP contribution < -0.4 is 10.6 Å². The van der Waals surface area contributed by atoms with E-state index in [1.807, 2.05) is 0 Å². The van der Waals surface area contributed by atoms with E-state index in [4.69, 9.17) is 0 Å². The van der Waals surface area contributed by atoms with E-state index in [-0.39, 0.29) is 16.7 Å². The molecule has 0 unspecified atom stereocenters. The maximum Gasteiger partial charge on any atom is 0.123 e. The summed E-state index contributed by atoms with van der Waals surface area (Å²) in [6.07, 6.45) is 6.30. The Balaban J connectivity index is 1.66. The van der Waals surface area contributed by atoms with Crippen molar-refractivity contribution in [2.24, 2.45) is 5.41 Å². The number of anilines is 2. The predicted octanol–water partition coefficient (Wildman–Crippen LogP) is 5.75. The number of benzene rings is 2. The van der Waals surface area contributed by atoms with Crippen LogP contribution in [-0.4, -0.2) is 31.5 Å². The quantitative estimate of drug-likeness (QED) is 0.271. The van der Waals surface area contributed by atoms with Crippen LogP contribution in [0.15, 0.2) is 73.3 Å². The number of hydrogen-bond acceptors (Lipinski definition) is 8. The Labute approximate surface area is 232 Å². The summed E-state index contributed by atoms with van der Waals surface area (Å²) in [4.78, 5) is 8.51. The van der Waals surface area contributed by atoms with Crippen molar-refractivity contribution in [3.8, 4) is 17.8 Å². The summed E-state index contributed by atoms with van der Waals surface area (Å²) in [5, 5.41) is 35.4. The number of hydrogen-bond donors (Lipinski definition) is 2. The molecule has 1 atom stereocenters. The minimum atomic E-state index is -1.74. The highest BCUT2D eigenvalue weighted by atomic mass is 19.1. The van der Waals surface area contributed by atoms with Crippen LogP contribution in [0.3, 0.4) is 0 Å². The van der Waals surface area contributed by atoms with E-state index >= 15 is 0 Å². The van der Waals surface area contributed by atoms with E-state index in [2.05, 4.69) is 63.8 Å². The predicted molar refractivity (Wildman–Crippen MR) is 150 cm³/mol. The van der Waals surface area contributed by atoms with Gasteiger partial charge in [-0.3, -0.25) is 9.97 Å². The molecule has 0 radical (unpaired) electrons. The molecule has 5 aromatic rings. The van der Waals surface area contributed by atoms with Crippen molar-refractivity contribution < 1.29 is 5.76 Å². The van der Waals surface area contributed by atoms with Crippen LogP contribution >= 0.6 is 0 Å². The fraction of sp³-hybridized carbons (Fsp3) is 0.200. The maximum absolute atomic E-state index is 13.9. The third-order valence-corrected chi connectivity index (χ3v) is 6.07. The lowest BCUT2D eigenvalue weighted by Gasteiger charge is -2.22. The Kier molecular flexibility index (Phi) is 6.73. The van der Waals surface area contributed by atoms with Gasteiger partial charge in [0.25, 0.3) is 0 Å². The van der Waals surface area contributed by atoms with E-state index in [1.165, 1.54) is 35.1 Å². The Morgan fingerprint density at radius 2 is 1.85 bits per heavy atom. The van der Waals surface area contributed by atoms with E-state index in [0.717, 1.165) is 0 Å². The molecule has 198 valence electrons. The van der Waals surface area contributed by atoms with Crippen molar-refractivity contribution in [3.05, 3.63) is 102 Å². The van der Waals surface area contributed by atoms with Crippen molar-refractivity contribution in [1.82, 2.24) is 25.0 Å². The zero-order valence-corrected chi connectivity index (χ0v) is 22.1. The molecule has 3 aromatic heterocycles. The number of halogens is 1. The molecule has 0 amide bonds. The average molecular weight is 533 g/mol. The molecule has 0 aliphatic carbocycles. The number of nitriles is 2. The van der Waals surface area contributed by atoms with E-state index in [1.54, 1.807) is 42.9 Å². The highest BCUT2D eigenvalue weighted by molar-refractivity contribution is 5.99. The summed E-state index contributed by atoms with van der Waals surface area (Å²) in [6.45, 7) is 6.77. The Bertz CT molecular complexity index is 1800. The van der Waals surface area contributed by atoms with Gasteiger partial charge in [0, 0.05) is 30.0 Å². The summed E-state index contributed by atoms with van der Waals surface area (Å²) in [6, 6.07) is 15.0. The summed E-state index contributed by atoms with van der Waals surface area (Å²) >= 11 is 0. The zero-order valence-electron chi connectivity index (χ0n) is 23.1. The first-order valence-electron chi connectivity index (χ1n) is 13.0. The molecule has 0 spiro atoms. The van der Waals surface area contributed by atoms with Crippen molar-refractivity contribution in [2.45, 2.75) is 26.8 Å². The second-order valence-corrected chi connectivity index (χ2v) is 10.4. The van der Waals surface area contributed by atoms with Gasteiger partial charge in [-0.1, -0.05) is 38.1 Å². The fourth-order valence-corrected chi connectivity index (χ4v) is 4.13. The molecule has 0 saturated carbocycles. The fourth-order valence-electron chi connectivity index (χ4n) is 4.13. The van der Waals surface area contributed by atoms with Crippen molar-refractivity contribution >= 4 is 22.3 Å². The molecule has 2 aromatic carbocycles. The van der Waals surface area contributed by atoms with Gasteiger partial charge in [-0.25, -0.2) is 9.07 Å². The SMILES string of the molecule is [2H][C@](Nc1cc(C#N)c2ncc(C#N)c(NCC(C)(C)C)c2c1)(c1ccc(F)cc1)c1cn(-c2cccnc2)nn1. The van der Waals surface area contributed by atoms with Crippen molar-refractivity contribution in [1.29, 1.82) is 10.5 Å². The highest BCUT2D eigenvalue weighted by Gasteiger charge is 2.21. The van der Waals surface area contributed by atoms with Crippen LogP contribution in [0.25, 0.3) is 16.6 Å². The van der Waals surface area contributed by atoms with Gasteiger partial charge in [0.2, 0.25) is 0 Å². The summed E-state index contributed by atoms with van der Waals surface area (Å²) in [7, 11) is 0. The second kappa shape index (κ2) is 10.8. The van der Waals surface area contributed by atoms with Gasteiger partial charge in [-0.05, 0) is 47.4 Å². The van der Waals surface area contributed by atoms with Crippen molar-refractivity contribution in [2.75, 3.05) is 17.2 Å². The monoisotopic (exact) mass is 532 g/mol. The van der Waals surface area contributed by atoms with Crippen LogP contribution in [0, 0.1) is 33.9 Å². The molecule has 0 bridgehead atoms. The molecule has 2 N–H and O–H groups in total. The average Bonchev–Trinajstić information content (AvgIpc) is 3.47. The number of pyridine rings is 2. The molecule has 0 aliphatic heterocycles. The number of rotatable bonds is 7. The molecule has 40 heavy (non-hydrogen) atoms. The third kappa shape index (κ3) is 5.57. The molecular weight excluding hydrogens is 505 g/mol. The first kappa shape index (κ1) is 25.0. The van der Waals surface area contributed by atoms with Crippen LogP contribution in [0.4, 0.5) is 15.8 Å². The van der Waals surface area contributed by atoms with Gasteiger partial charge in [0.1, 0.15) is 23.6 Å². The molecule has 5 rings (SSSR count). The van der Waals surface area contributed by atoms with Gasteiger partial charge in [-0.2, -0.15) is 10.5 Å². The van der Waals surface area contributed by atoms with Gasteiger partial charge in [0.05, 0.1) is 47.8 Å². The molecule has 3 heterocycles. The molecule has 0 fully saturated rings. The molecular formula is C30H26FN9. The summed E-state index contributed by atoms with van der Waals surface area (Å²) in [5.41, 5.74) is 3.14. The maximum atomic E-state index is 13.9. The molecule has 0 saturated heterocycles. The lowest BCUT2D eigenvalue weighted by Crippen LogP contribution is -2.20. The third-order valence-electron chi connectivity index (χ3n) is 6.07. The molecule has 10 heteroatoms. The number of nitrogens with one attached hydrogen (secondary N) is 2. The van der Waals surface area contributed by atoms with E-state index in [9.17, 15) is 16.3 Å². The van der Waals surface area contributed by atoms with E-state index in [0.29, 0.717) is 45.6 Å². The number of fused-ring (bicyclic) bond motifs is 1. The van der Waals surface area contributed by atoms with Crippen LogP contribution in [0.2, 0.25) is 0 Å². The largest absolute Gasteiger partial charge is 0.383 e. The van der Waals surface area contributed by atoms with Gasteiger partial charge in [0.15, 0.2) is 0 Å². The molecule has 9 nitrogen and oxygen atoms in total.